The van der Waals surface area contributed by atoms with E-state index in [0.717, 1.165) is 5.69 Å². The van der Waals surface area contributed by atoms with Gasteiger partial charge in [0, 0.05) is 32.6 Å². The maximum Gasteiger partial charge on any atom is 0.240 e. The molecule has 0 aliphatic rings. The molecule has 0 aromatic heterocycles. The second-order valence-electron chi connectivity index (χ2n) is 5.78. The monoisotopic (exact) mass is 390 g/mol. The molecule has 2 rings (SSSR count). The van der Waals surface area contributed by atoms with E-state index in [1.165, 1.54) is 31.2 Å². The van der Waals surface area contributed by atoms with Crippen LogP contribution < -0.4 is 20.5 Å². The molecule has 0 bridgehead atoms. The number of nitrogens with one attached hydrogen (secondary N) is 3. The fraction of sp³-hybridized carbons (Fsp3) is 0.222. The third-order valence-corrected chi connectivity index (χ3v) is 5.04. The topological polar surface area (TPSA) is 108 Å². The van der Waals surface area contributed by atoms with Crippen molar-refractivity contribution in [2.24, 2.45) is 0 Å². The number of carbonyl (C=O) groups is 2. The average Bonchev–Trinajstić information content (AvgIpc) is 2.62. The molecule has 0 heterocycles. The molecular formula is C18H22N4O4S. The molecule has 0 saturated carbocycles. The Morgan fingerprint density at radius 2 is 1.63 bits per heavy atom. The van der Waals surface area contributed by atoms with Crippen LogP contribution in [0.3, 0.4) is 0 Å². The molecule has 0 fully saturated rings. The number of para-hydroxylation sites is 1. The Bertz CT molecular complexity index is 883. The third-order valence-electron chi connectivity index (χ3n) is 3.57. The second-order valence-corrected chi connectivity index (χ2v) is 7.55. The van der Waals surface area contributed by atoms with E-state index in [4.69, 9.17) is 0 Å². The van der Waals surface area contributed by atoms with Gasteiger partial charge in [-0.15, -0.1) is 0 Å². The van der Waals surface area contributed by atoms with Gasteiger partial charge in [0.15, 0.2) is 0 Å². The maximum absolute atomic E-state index is 12.3. The van der Waals surface area contributed by atoms with Crippen molar-refractivity contribution in [2.75, 3.05) is 23.9 Å². The number of carbonyl (C=O) groups excluding carboxylic acids is 2. The molecule has 8 nitrogen and oxygen atoms in total. The van der Waals surface area contributed by atoms with Gasteiger partial charge in [-0.05, 0) is 36.4 Å². The fourth-order valence-corrected chi connectivity index (χ4v) is 3.29. The highest BCUT2D eigenvalue weighted by atomic mass is 32.2. The molecule has 9 heteroatoms. The number of benzene rings is 2. The Hall–Kier alpha value is -2.91. The van der Waals surface area contributed by atoms with E-state index in [0.29, 0.717) is 5.69 Å². The van der Waals surface area contributed by atoms with Gasteiger partial charge in [-0.25, -0.2) is 13.1 Å². The van der Waals surface area contributed by atoms with Gasteiger partial charge in [-0.1, -0.05) is 18.2 Å². The molecule has 0 aliphatic carbocycles. The first-order valence-corrected chi connectivity index (χ1v) is 9.72. The number of anilines is 2. The number of nitrogens with zero attached hydrogens (tertiary/aromatic N) is 1. The van der Waals surface area contributed by atoms with E-state index < -0.39 is 10.0 Å². The Kier molecular flexibility index (Phi) is 6.91. The molecule has 0 radical (unpaired) electrons. The Morgan fingerprint density at radius 3 is 2.22 bits per heavy atom. The number of hydrogen-bond acceptors (Lipinski definition) is 5. The average molecular weight is 390 g/mol. The van der Waals surface area contributed by atoms with Gasteiger partial charge in [0.25, 0.3) is 0 Å². The lowest BCUT2D eigenvalue weighted by Crippen LogP contribution is -2.40. The summed E-state index contributed by atoms with van der Waals surface area (Å²) in [6.45, 7) is 1.33. The van der Waals surface area contributed by atoms with Crippen LogP contribution in [0, 0.1) is 0 Å². The highest BCUT2D eigenvalue weighted by Crippen LogP contribution is 2.14. The van der Waals surface area contributed by atoms with Crippen molar-refractivity contribution >= 4 is 33.2 Å². The number of hydrazine groups is 1. The summed E-state index contributed by atoms with van der Waals surface area (Å²) in [7, 11) is -2.04. The quantitative estimate of drug-likeness (QED) is 0.592. The summed E-state index contributed by atoms with van der Waals surface area (Å²) in [5.74, 6) is -0.555. The zero-order valence-electron chi connectivity index (χ0n) is 15.1. The Morgan fingerprint density at radius 1 is 1.00 bits per heavy atom. The lowest BCUT2D eigenvalue weighted by Gasteiger charge is -2.20. The van der Waals surface area contributed by atoms with Gasteiger partial charge in [-0.3, -0.25) is 20.0 Å². The summed E-state index contributed by atoms with van der Waals surface area (Å²) >= 11 is 0. The van der Waals surface area contributed by atoms with Gasteiger partial charge in [-0.2, -0.15) is 0 Å². The predicted molar refractivity (Wildman–Crippen MR) is 104 cm³/mol. The minimum absolute atomic E-state index is 0.0135. The second kappa shape index (κ2) is 9.15. The molecule has 2 aromatic carbocycles. The van der Waals surface area contributed by atoms with Crippen LogP contribution in [0.25, 0.3) is 0 Å². The van der Waals surface area contributed by atoms with Crippen molar-refractivity contribution in [3.05, 3.63) is 54.6 Å². The standard InChI is InChI=1S/C18H22N4O4S/c1-14(23)20-15-8-10-17(11-9-15)27(25,26)19-13-12-18(24)21-22(2)16-6-4-3-5-7-16/h3-11,19H,12-13H2,1-2H3,(H,20,23)(H,21,24). The van der Waals surface area contributed by atoms with Gasteiger partial charge < -0.3 is 5.32 Å². The lowest BCUT2D eigenvalue weighted by atomic mass is 10.3. The summed E-state index contributed by atoms with van der Waals surface area (Å²) in [6, 6.07) is 15.0. The van der Waals surface area contributed by atoms with Crippen molar-refractivity contribution in [3.8, 4) is 0 Å². The fourth-order valence-electron chi connectivity index (χ4n) is 2.26. The molecular weight excluding hydrogens is 368 g/mol. The van der Waals surface area contributed by atoms with Crippen molar-refractivity contribution in [2.45, 2.75) is 18.2 Å². The highest BCUT2D eigenvalue weighted by molar-refractivity contribution is 7.89. The number of hydrogen-bond donors (Lipinski definition) is 3. The van der Waals surface area contributed by atoms with Gasteiger partial charge in [0.2, 0.25) is 21.8 Å². The van der Waals surface area contributed by atoms with Gasteiger partial charge >= 0.3 is 0 Å². The van der Waals surface area contributed by atoms with Crippen LogP contribution in [-0.4, -0.2) is 33.8 Å². The van der Waals surface area contributed by atoms with E-state index in [2.05, 4.69) is 15.5 Å². The summed E-state index contributed by atoms with van der Waals surface area (Å²) in [6.07, 6.45) is -0.0135. The SMILES string of the molecule is CC(=O)Nc1ccc(S(=O)(=O)NCCC(=O)NN(C)c2ccccc2)cc1. The molecule has 0 unspecified atom stereocenters. The zero-order chi connectivity index (χ0) is 19.9. The minimum Gasteiger partial charge on any atom is -0.326 e. The molecule has 2 amide bonds. The van der Waals surface area contributed by atoms with Crippen LogP contribution in [-0.2, 0) is 19.6 Å². The van der Waals surface area contributed by atoms with E-state index in [1.54, 1.807) is 12.1 Å². The number of sulfonamides is 1. The molecule has 0 spiro atoms. The number of rotatable bonds is 8. The number of amides is 2. The van der Waals surface area contributed by atoms with Crippen LogP contribution in [0.4, 0.5) is 11.4 Å². The zero-order valence-corrected chi connectivity index (χ0v) is 15.9. The molecule has 144 valence electrons. The van der Waals surface area contributed by atoms with Crippen LogP contribution in [0.5, 0.6) is 0 Å². The van der Waals surface area contributed by atoms with E-state index in [-0.39, 0.29) is 29.7 Å². The summed E-state index contributed by atoms with van der Waals surface area (Å²) in [5.41, 5.74) is 3.98. The van der Waals surface area contributed by atoms with Crippen molar-refractivity contribution in [1.29, 1.82) is 0 Å². The molecule has 0 atom stereocenters. The van der Waals surface area contributed by atoms with E-state index >= 15 is 0 Å². The minimum atomic E-state index is -3.74. The maximum atomic E-state index is 12.3. The van der Waals surface area contributed by atoms with Crippen molar-refractivity contribution in [3.63, 3.8) is 0 Å². The Balaban J connectivity index is 1.84. The summed E-state index contributed by atoms with van der Waals surface area (Å²) < 4.78 is 26.9. The third kappa shape index (κ3) is 6.39. The first-order valence-electron chi connectivity index (χ1n) is 8.23. The molecule has 27 heavy (non-hydrogen) atoms. The summed E-state index contributed by atoms with van der Waals surface area (Å²) in [5, 5.41) is 4.13. The lowest BCUT2D eigenvalue weighted by molar-refractivity contribution is -0.121. The smallest absolute Gasteiger partial charge is 0.240 e. The van der Waals surface area contributed by atoms with Crippen LogP contribution >= 0.6 is 0 Å². The molecule has 0 saturated heterocycles. The van der Waals surface area contributed by atoms with E-state index in [1.807, 2.05) is 30.3 Å². The molecule has 2 aromatic rings. The van der Waals surface area contributed by atoms with Crippen molar-refractivity contribution in [1.82, 2.24) is 10.1 Å². The van der Waals surface area contributed by atoms with Gasteiger partial charge in [0.05, 0.1) is 10.6 Å². The highest BCUT2D eigenvalue weighted by Gasteiger charge is 2.14. The summed E-state index contributed by atoms with van der Waals surface area (Å²) in [4.78, 5) is 23.0. The normalized spacial score (nSPS) is 10.9. The van der Waals surface area contributed by atoms with E-state index in [9.17, 15) is 18.0 Å². The molecule has 3 N–H and O–H groups in total. The predicted octanol–water partition coefficient (Wildman–Crippen LogP) is 1.48. The Labute approximate surface area is 158 Å². The van der Waals surface area contributed by atoms with Crippen LogP contribution in [0.1, 0.15) is 13.3 Å². The first-order chi connectivity index (χ1) is 12.8. The first kappa shape index (κ1) is 20.4. The van der Waals surface area contributed by atoms with Crippen LogP contribution in [0.2, 0.25) is 0 Å². The van der Waals surface area contributed by atoms with Crippen LogP contribution in [0.15, 0.2) is 59.5 Å². The van der Waals surface area contributed by atoms with Gasteiger partial charge in [0.1, 0.15) is 0 Å². The van der Waals surface area contributed by atoms with Crippen molar-refractivity contribution < 1.29 is 18.0 Å². The molecule has 0 aliphatic heterocycles. The largest absolute Gasteiger partial charge is 0.326 e.